The van der Waals surface area contributed by atoms with Gasteiger partial charge in [0.05, 0.1) is 0 Å². The summed E-state index contributed by atoms with van der Waals surface area (Å²) in [6.45, 7) is 1.25. The van der Waals surface area contributed by atoms with Crippen LogP contribution >= 0.6 is 0 Å². The predicted octanol–water partition coefficient (Wildman–Crippen LogP) is 1.98. The largest absolute Gasteiger partial charge is 0.341 e. The van der Waals surface area contributed by atoms with Gasteiger partial charge in [0.25, 0.3) is 0 Å². The zero-order valence-electron chi connectivity index (χ0n) is 12.1. The highest BCUT2D eigenvalue weighted by atomic mass is 16.2. The first-order valence-electron chi connectivity index (χ1n) is 7.17. The van der Waals surface area contributed by atoms with Gasteiger partial charge in [0.2, 0.25) is 5.91 Å². The van der Waals surface area contributed by atoms with E-state index in [4.69, 9.17) is 0 Å². The Labute approximate surface area is 119 Å². The summed E-state index contributed by atoms with van der Waals surface area (Å²) in [5.41, 5.74) is 2.38. The SMILES string of the molecule is CNCc1cn(CC(=O)N(C)C2CC2)c2ccccc12. The molecule has 3 rings (SSSR count). The zero-order valence-corrected chi connectivity index (χ0v) is 12.1. The van der Waals surface area contributed by atoms with Crippen LogP contribution in [0.15, 0.2) is 30.5 Å². The lowest BCUT2D eigenvalue weighted by atomic mass is 10.2. The molecule has 1 amide bonds. The van der Waals surface area contributed by atoms with E-state index >= 15 is 0 Å². The second kappa shape index (κ2) is 5.29. The van der Waals surface area contributed by atoms with Crippen LogP contribution in [0.5, 0.6) is 0 Å². The molecule has 4 nitrogen and oxygen atoms in total. The average Bonchev–Trinajstić information content (AvgIpc) is 3.25. The molecule has 20 heavy (non-hydrogen) atoms. The smallest absolute Gasteiger partial charge is 0.242 e. The fraction of sp³-hybridized carbons (Fsp3) is 0.438. The van der Waals surface area contributed by atoms with Crippen molar-refractivity contribution >= 4 is 16.8 Å². The van der Waals surface area contributed by atoms with Crippen LogP contribution in [0.25, 0.3) is 10.9 Å². The third-order valence-electron chi connectivity index (χ3n) is 4.03. The van der Waals surface area contributed by atoms with E-state index in [2.05, 4.69) is 28.2 Å². The number of carbonyl (C=O) groups excluding carboxylic acids is 1. The quantitative estimate of drug-likeness (QED) is 0.903. The predicted molar refractivity (Wildman–Crippen MR) is 80.5 cm³/mol. The highest BCUT2D eigenvalue weighted by molar-refractivity contribution is 5.86. The van der Waals surface area contributed by atoms with Crippen molar-refractivity contribution in [2.75, 3.05) is 14.1 Å². The second-order valence-corrected chi connectivity index (χ2v) is 5.57. The molecule has 0 aliphatic heterocycles. The van der Waals surface area contributed by atoms with Gasteiger partial charge in [-0.3, -0.25) is 4.79 Å². The maximum absolute atomic E-state index is 12.3. The number of nitrogens with one attached hydrogen (secondary N) is 1. The van der Waals surface area contributed by atoms with E-state index in [1.165, 1.54) is 10.9 Å². The summed E-state index contributed by atoms with van der Waals surface area (Å²) in [5, 5.41) is 4.41. The Hall–Kier alpha value is -1.81. The van der Waals surface area contributed by atoms with Crippen molar-refractivity contribution in [3.63, 3.8) is 0 Å². The molecule has 1 aliphatic rings. The van der Waals surface area contributed by atoms with Crippen molar-refractivity contribution in [3.05, 3.63) is 36.0 Å². The molecule has 1 aliphatic carbocycles. The van der Waals surface area contributed by atoms with Crippen molar-refractivity contribution < 1.29 is 4.79 Å². The van der Waals surface area contributed by atoms with Gasteiger partial charge in [-0.25, -0.2) is 0 Å². The van der Waals surface area contributed by atoms with E-state index in [9.17, 15) is 4.79 Å². The first-order valence-corrected chi connectivity index (χ1v) is 7.17. The molecule has 0 radical (unpaired) electrons. The van der Waals surface area contributed by atoms with Crippen LogP contribution < -0.4 is 5.32 Å². The average molecular weight is 271 g/mol. The van der Waals surface area contributed by atoms with Crippen LogP contribution in [0, 0.1) is 0 Å². The van der Waals surface area contributed by atoms with Gasteiger partial charge in [-0.2, -0.15) is 0 Å². The van der Waals surface area contributed by atoms with Gasteiger partial charge in [-0.15, -0.1) is 0 Å². The summed E-state index contributed by atoms with van der Waals surface area (Å²) in [4.78, 5) is 14.2. The zero-order chi connectivity index (χ0) is 14.1. The molecular weight excluding hydrogens is 250 g/mol. The molecule has 0 unspecified atom stereocenters. The lowest BCUT2D eigenvalue weighted by Gasteiger charge is -2.16. The van der Waals surface area contributed by atoms with Crippen LogP contribution in [-0.4, -0.2) is 35.5 Å². The molecule has 1 saturated carbocycles. The van der Waals surface area contributed by atoms with Crippen LogP contribution in [0.3, 0.4) is 0 Å². The number of aromatic nitrogens is 1. The Morgan fingerprint density at radius 3 is 2.85 bits per heavy atom. The molecule has 4 heteroatoms. The Kier molecular flexibility index (Phi) is 3.49. The first kappa shape index (κ1) is 13.2. The molecule has 106 valence electrons. The standard InChI is InChI=1S/C16H21N3O/c1-17-9-12-10-19(15-6-4-3-5-14(12)15)11-16(20)18(2)13-7-8-13/h3-6,10,13,17H,7-9,11H2,1-2H3. The molecule has 1 N–H and O–H groups in total. The third-order valence-corrected chi connectivity index (χ3v) is 4.03. The maximum Gasteiger partial charge on any atom is 0.242 e. The van der Waals surface area contributed by atoms with Crippen molar-refractivity contribution in [2.24, 2.45) is 0 Å². The highest BCUT2D eigenvalue weighted by Gasteiger charge is 2.29. The molecular formula is C16H21N3O. The molecule has 1 aromatic heterocycles. The Balaban J connectivity index is 1.88. The number of rotatable bonds is 5. The third kappa shape index (κ3) is 2.43. The number of benzene rings is 1. The lowest BCUT2D eigenvalue weighted by Crippen LogP contribution is -2.31. The Bertz CT molecular complexity index is 628. The van der Waals surface area contributed by atoms with Crippen molar-refractivity contribution in [2.45, 2.75) is 32.0 Å². The number of para-hydroxylation sites is 1. The summed E-state index contributed by atoms with van der Waals surface area (Å²) in [6.07, 6.45) is 4.40. The molecule has 0 bridgehead atoms. The summed E-state index contributed by atoms with van der Waals surface area (Å²) in [7, 11) is 3.86. The van der Waals surface area contributed by atoms with Gasteiger partial charge in [-0.1, -0.05) is 18.2 Å². The van der Waals surface area contributed by atoms with Crippen LogP contribution in [0.4, 0.5) is 0 Å². The van der Waals surface area contributed by atoms with Gasteiger partial charge >= 0.3 is 0 Å². The Morgan fingerprint density at radius 1 is 1.40 bits per heavy atom. The lowest BCUT2D eigenvalue weighted by molar-refractivity contribution is -0.130. The number of likely N-dealkylation sites (N-methyl/N-ethyl adjacent to an activating group) is 1. The number of carbonyl (C=O) groups is 1. The molecule has 2 aromatic rings. The fourth-order valence-electron chi connectivity index (χ4n) is 2.71. The van der Waals surface area contributed by atoms with E-state index in [1.807, 2.05) is 31.1 Å². The van der Waals surface area contributed by atoms with Crippen molar-refractivity contribution in [1.29, 1.82) is 0 Å². The van der Waals surface area contributed by atoms with Gasteiger partial charge in [-0.05, 0) is 31.5 Å². The minimum Gasteiger partial charge on any atom is -0.341 e. The normalized spacial score (nSPS) is 14.7. The monoisotopic (exact) mass is 271 g/mol. The first-order chi connectivity index (χ1) is 9.70. The van der Waals surface area contributed by atoms with E-state index in [0.29, 0.717) is 12.6 Å². The van der Waals surface area contributed by atoms with Gasteiger partial charge in [0.15, 0.2) is 0 Å². The summed E-state index contributed by atoms with van der Waals surface area (Å²) < 4.78 is 2.07. The number of hydrogen-bond acceptors (Lipinski definition) is 2. The number of hydrogen-bond donors (Lipinski definition) is 1. The molecule has 0 atom stereocenters. The van der Waals surface area contributed by atoms with Crippen LogP contribution in [0.1, 0.15) is 18.4 Å². The van der Waals surface area contributed by atoms with Crippen LogP contribution in [0.2, 0.25) is 0 Å². The van der Waals surface area contributed by atoms with Gasteiger partial charge in [0, 0.05) is 36.7 Å². The van der Waals surface area contributed by atoms with Crippen molar-refractivity contribution in [1.82, 2.24) is 14.8 Å². The van der Waals surface area contributed by atoms with E-state index in [-0.39, 0.29) is 5.91 Å². The van der Waals surface area contributed by atoms with Crippen molar-refractivity contribution in [3.8, 4) is 0 Å². The summed E-state index contributed by atoms with van der Waals surface area (Å²) in [6, 6.07) is 8.74. The number of fused-ring (bicyclic) bond motifs is 1. The highest BCUT2D eigenvalue weighted by Crippen LogP contribution is 2.26. The van der Waals surface area contributed by atoms with E-state index in [1.54, 1.807) is 0 Å². The van der Waals surface area contributed by atoms with E-state index in [0.717, 1.165) is 24.9 Å². The molecule has 0 saturated heterocycles. The number of amides is 1. The van der Waals surface area contributed by atoms with Crippen LogP contribution in [-0.2, 0) is 17.9 Å². The fourth-order valence-corrected chi connectivity index (χ4v) is 2.71. The summed E-state index contributed by atoms with van der Waals surface area (Å²) >= 11 is 0. The topological polar surface area (TPSA) is 37.3 Å². The maximum atomic E-state index is 12.3. The minimum absolute atomic E-state index is 0.198. The molecule has 1 aromatic carbocycles. The van der Waals surface area contributed by atoms with E-state index < -0.39 is 0 Å². The second-order valence-electron chi connectivity index (χ2n) is 5.57. The molecule has 1 fully saturated rings. The molecule has 0 spiro atoms. The minimum atomic E-state index is 0.198. The summed E-state index contributed by atoms with van der Waals surface area (Å²) in [5.74, 6) is 0.198. The van der Waals surface area contributed by atoms with Gasteiger partial charge in [0.1, 0.15) is 6.54 Å². The number of nitrogens with zero attached hydrogens (tertiary/aromatic N) is 2. The van der Waals surface area contributed by atoms with Gasteiger partial charge < -0.3 is 14.8 Å². The Morgan fingerprint density at radius 2 is 2.15 bits per heavy atom. The molecule has 1 heterocycles.